The molecular weight excluding hydrogens is 368 g/mol. The van der Waals surface area contributed by atoms with Crippen LogP contribution in [-0.2, 0) is 4.74 Å². The van der Waals surface area contributed by atoms with Crippen LogP contribution in [0.15, 0.2) is 30.3 Å². The molecule has 2 aliphatic heterocycles. The highest BCUT2D eigenvalue weighted by Crippen LogP contribution is 2.31. The molecule has 2 fully saturated rings. The normalized spacial score (nSPS) is 20.6. The molecule has 3 heterocycles. The lowest BCUT2D eigenvalue weighted by Gasteiger charge is -2.33. The summed E-state index contributed by atoms with van der Waals surface area (Å²) >= 11 is 0. The standard InChI is InChI=1S/C21H28N6O2/c1-13(2)23-18-10-19(27-11-16-8-9-17(12-27)29-16)26-20(25-18)14-4-6-15(7-5-14)24-21(28)22-3/h4-7,10,13,16-17H,8-9,11-12H2,1-3H3,(H2,22,24,28)(H,23,25,26). The van der Waals surface area contributed by atoms with Gasteiger partial charge in [-0.1, -0.05) is 0 Å². The number of nitrogens with one attached hydrogen (secondary N) is 3. The number of aromatic nitrogens is 2. The molecule has 2 aromatic rings. The fourth-order valence-corrected chi connectivity index (χ4v) is 3.79. The molecule has 2 atom stereocenters. The van der Waals surface area contributed by atoms with Gasteiger partial charge in [-0.25, -0.2) is 14.8 Å². The predicted molar refractivity (Wildman–Crippen MR) is 114 cm³/mol. The van der Waals surface area contributed by atoms with Gasteiger partial charge in [-0.3, -0.25) is 0 Å². The molecule has 2 amide bonds. The smallest absolute Gasteiger partial charge is 0.318 e. The van der Waals surface area contributed by atoms with Gasteiger partial charge in [0, 0.05) is 43.5 Å². The molecule has 3 N–H and O–H groups in total. The molecule has 8 nitrogen and oxygen atoms in total. The van der Waals surface area contributed by atoms with Gasteiger partial charge in [0.25, 0.3) is 0 Å². The van der Waals surface area contributed by atoms with Crippen LogP contribution in [0.25, 0.3) is 11.4 Å². The average molecular weight is 396 g/mol. The Morgan fingerprint density at radius 3 is 2.45 bits per heavy atom. The maximum absolute atomic E-state index is 11.5. The van der Waals surface area contributed by atoms with Crippen LogP contribution in [-0.4, -0.2) is 54.4 Å². The number of rotatable bonds is 5. The molecule has 0 radical (unpaired) electrons. The van der Waals surface area contributed by atoms with Crippen LogP contribution in [0.1, 0.15) is 26.7 Å². The number of hydrogen-bond acceptors (Lipinski definition) is 6. The van der Waals surface area contributed by atoms with E-state index in [1.54, 1.807) is 7.05 Å². The SMILES string of the molecule is CNC(=O)Nc1ccc(-c2nc(NC(C)C)cc(N3CC4CCC(C3)O4)n2)cc1. The van der Waals surface area contributed by atoms with Crippen LogP contribution in [0, 0.1) is 0 Å². The van der Waals surface area contributed by atoms with Gasteiger partial charge < -0.3 is 25.6 Å². The number of anilines is 3. The van der Waals surface area contributed by atoms with Gasteiger partial charge in [-0.15, -0.1) is 0 Å². The number of hydrogen-bond donors (Lipinski definition) is 3. The van der Waals surface area contributed by atoms with Crippen molar-refractivity contribution in [3.63, 3.8) is 0 Å². The summed E-state index contributed by atoms with van der Waals surface area (Å²) in [6.07, 6.45) is 2.83. The maximum atomic E-state index is 11.5. The van der Waals surface area contributed by atoms with E-state index in [9.17, 15) is 4.79 Å². The summed E-state index contributed by atoms with van der Waals surface area (Å²) in [5.41, 5.74) is 1.62. The molecule has 8 heteroatoms. The Bertz CT molecular complexity index is 858. The Balaban J connectivity index is 1.62. The van der Waals surface area contributed by atoms with Gasteiger partial charge in [-0.05, 0) is 51.0 Å². The van der Waals surface area contributed by atoms with Crippen LogP contribution >= 0.6 is 0 Å². The van der Waals surface area contributed by atoms with Crippen molar-refractivity contribution in [1.29, 1.82) is 0 Å². The van der Waals surface area contributed by atoms with E-state index in [0.29, 0.717) is 18.0 Å². The quantitative estimate of drug-likeness (QED) is 0.719. The number of benzene rings is 1. The Kier molecular flexibility index (Phi) is 5.53. The second-order valence-corrected chi connectivity index (χ2v) is 7.88. The van der Waals surface area contributed by atoms with Crippen LogP contribution < -0.4 is 20.9 Å². The molecule has 2 saturated heterocycles. The van der Waals surface area contributed by atoms with Crippen molar-refractivity contribution in [2.45, 2.75) is 44.9 Å². The van der Waals surface area contributed by atoms with Crippen molar-refractivity contribution in [3.8, 4) is 11.4 Å². The van der Waals surface area contributed by atoms with Crippen LogP contribution in [0.4, 0.5) is 22.1 Å². The highest BCUT2D eigenvalue weighted by molar-refractivity contribution is 5.89. The van der Waals surface area contributed by atoms with Gasteiger partial charge in [-0.2, -0.15) is 0 Å². The number of carbonyl (C=O) groups excluding carboxylic acids is 1. The topological polar surface area (TPSA) is 91.4 Å². The zero-order chi connectivity index (χ0) is 20.4. The Hall–Kier alpha value is -2.87. The second kappa shape index (κ2) is 8.24. The second-order valence-electron chi connectivity index (χ2n) is 7.88. The van der Waals surface area contributed by atoms with Gasteiger partial charge in [0.2, 0.25) is 0 Å². The van der Waals surface area contributed by atoms with Crippen molar-refractivity contribution in [3.05, 3.63) is 30.3 Å². The Morgan fingerprint density at radius 2 is 1.83 bits per heavy atom. The molecule has 2 aliphatic rings. The minimum absolute atomic E-state index is 0.249. The lowest BCUT2D eigenvalue weighted by atomic mass is 10.2. The molecule has 0 spiro atoms. The minimum Gasteiger partial charge on any atom is -0.371 e. The van der Waals surface area contributed by atoms with Crippen molar-refractivity contribution in [1.82, 2.24) is 15.3 Å². The summed E-state index contributed by atoms with van der Waals surface area (Å²) < 4.78 is 5.97. The summed E-state index contributed by atoms with van der Waals surface area (Å²) in [5.74, 6) is 2.40. The first-order valence-corrected chi connectivity index (χ1v) is 10.2. The summed E-state index contributed by atoms with van der Waals surface area (Å²) in [6, 6.07) is 9.59. The summed E-state index contributed by atoms with van der Waals surface area (Å²) in [6.45, 7) is 5.91. The van der Waals surface area contributed by atoms with Crippen molar-refractivity contribution < 1.29 is 9.53 Å². The molecule has 1 aromatic carbocycles. The molecule has 29 heavy (non-hydrogen) atoms. The molecule has 4 rings (SSSR count). The number of fused-ring (bicyclic) bond motifs is 2. The third-order valence-electron chi connectivity index (χ3n) is 5.14. The number of amides is 2. The van der Waals surface area contributed by atoms with Crippen LogP contribution in [0.2, 0.25) is 0 Å². The maximum Gasteiger partial charge on any atom is 0.318 e. The third kappa shape index (κ3) is 4.59. The fourth-order valence-electron chi connectivity index (χ4n) is 3.79. The van der Waals surface area contributed by atoms with Crippen molar-refractivity contribution in [2.75, 3.05) is 35.7 Å². The fraction of sp³-hybridized carbons (Fsp3) is 0.476. The summed E-state index contributed by atoms with van der Waals surface area (Å²) in [5, 5.41) is 8.71. The number of nitrogens with zero attached hydrogens (tertiary/aromatic N) is 3. The van der Waals surface area contributed by atoms with E-state index in [-0.39, 0.29) is 12.1 Å². The first kappa shape index (κ1) is 19.4. The van der Waals surface area contributed by atoms with Gasteiger partial charge in [0.05, 0.1) is 12.2 Å². The zero-order valence-corrected chi connectivity index (χ0v) is 17.1. The first-order valence-electron chi connectivity index (χ1n) is 10.2. The third-order valence-corrected chi connectivity index (χ3v) is 5.14. The molecule has 0 saturated carbocycles. The summed E-state index contributed by atoms with van der Waals surface area (Å²) in [4.78, 5) is 23.4. The number of ether oxygens (including phenoxy) is 1. The molecule has 2 unspecified atom stereocenters. The molecule has 0 aliphatic carbocycles. The average Bonchev–Trinajstić information content (AvgIpc) is 3.05. The van der Waals surface area contributed by atoms with E-state index < -0.39 is 0 Å². The number of urea groups is 1. The minimum atomic E-state index is -0.249. The van der Waals surface area contributed by atoms with Crippen molar-refractivity contribution >= 4 is 23.4 Å². The van der Waals surface area contributed by atoms with Gasteiger partial charge >= 0.3 is 6.03 Å². The van der Waals surface area contributed by atoms with E-state index in [2.05, 4.69) is 34.7 Å². The van der Waals surface area contributed by atoms with Crippen LogP contribution in [0.5, 0.6) is 0 Å². The highest BCUT2D eigenvalue weighted by Gasteiger charge is 2.34. The molecule has 2 bridgehead atoms. The molecule has 1 aromatic heterocycles. The first-order chi connectivity index (χ1) is 14.0. The molecular formula is C21H28N6O2. The zero-order valence-electron chi connectivity index (χ0n) is 17.1. The monoisotopic (exact) mass is 396 g/mol. The van der Waals surface area contributed by atoms with Crippen LogP contribution in [0.3, 0.4) is 0 Å². The Labute approximate surface area is 171 Å². The lowest BCUT2D eigenvalue weighted by molar-refractivity contribution is 0.0302. The lowest BCUT2D eigenvalue weighted by Crippen LogP contribution is -2.43. The molecule has 154 valence electrons. The predicted octanol–water partition coefficient (Wildman–Crippen LogP) is 3.08. The number of carbonyl (C=O) groups is 1. The summed E-state index contributed by atoms with van der Waals surface area (Å²) in [7, 11) is 1.59. The largest absolute Gasteiger partial charge is 0.371 e. The van der Waals surface area contributed by atoms with Gasteiger partial charge in [0.1, 0.15) is 11.6 Å². The van der Waals surface area contributed by atoms with Crippen molar-refractivity contribution in [2.24, 2.45) is 0 Å². The Morgan fingerprint density at radius 1 is 1.14 bits per heavy atom. The van der Waals surface area contributed by atoms with E-state index in [0.717, 1.165) is 48.8 Å². The van der Waals surface area contributed by atoms with E-state index >= 15 is 0 Å². The number of morpholine rings is 1. The highest BCUT2D eigenvalue weighted by atomic mass is 16.5. The van der Waals surface area contributed by atoms with E-state index in [1.165, 1.54) is 0 Å². The van der Waals surface area contributed by atoms with Gasteiger partial charge in [0.15, 0.2) is 5.82 Å². The van der Waals surface area contributed by atoms with E-state index in [1.807, 2.05) is 30.3 Å². The van der Waals surface area contributed by atoms with E-state index in [4.69, 9.17) is 14.7 Å².